The molecule has 2 aromatic carbocycles. The summed E-state index contributed by atoms with van der Waals surface area (Å²) in [4.78, 5) is 24.6. The van der Waals surface area contributed by atoms with Gasteiger partial charge in [-0.05, 0) is 49.6 Å². The zero-order valence-corrected chi connectivity index (χ0v) is 16.1. The highest BCUT2D eigenvalue weighted by Crippen LogP contribution is 2.28. The third kappa shape index (κ3) is 4.00. The van der Waals surface area contributed by atoms with Gasteiger partial charge in [-0.3, -0.25) is 4.79 Å². The Morgan fingerprint density at radius 1 is 1.17 bits per heavy atom. The van der Waals surface area contributed by atoms with Crippen LogP contribution in [0.15, 0.2) is 48.5 Å². The number of anilines is 1. The maximum absolute atomic E-state index is 13.7. The van der Waals surface area contributed by atoms with Crippen molar-refractivity contribution < 1.29 is 18.7 Å². The summed E-state index contributed by atoms with van der Waals surface area (Å²) in [5, 5.41) is 7.04. The Hall–Kier alpha value is -3.19. The standard InChI is InChI=1S/C21H17ClFN3O3/c22-13-9-10-16(23)17(11-13)24-19(27)12-29-21(28)20-15-7-4-8-18(15)26(25-20)14-5-2-1-3-6-14/h1-3,5-6,9-11H,4,7-8,12H2,(H,24,27). The first kappa shape index (κ1) is 19.1. The maximum atomic E-state index is 13.7. The quantitative estimate of drug-likeness (QED) is 0.643. The Bertz CT molecular complexity index is 1080. The van der Waals surface area contributed by atoms with Crippen LogP contribution < -0.4 is 5.32 Å². The number of fused-ring (bicyclic) bond motifs is 1. The average molecular weight is 414 g/mol. The number of nitrogens with zero attached hydrogens (tertiary/aromatic N) is 2. The molecule has 0 saturated heterocycles. The van der Waals surface area contributed by atoms with Gasteiger partial charge in [0, 0.05) is 16.3 Å². The molecule has 1 aliphatic carbocycles. The van der Waals surface area contributed by atoms with Crippen molar-refractivity contribution in [1.29, 1.82) is 0 Å². The highest BCUT2D eigenvalue weighted by atomic mass is 35.5. The van der Waals surface area contributed by atoms with E-state index in [0.717, 1.165) is 42.3 Å². The van der Waals surface area contributed by atoms with Gasteiger partial charge in [0.2, 0.25) is 0 Å². The van der Waals surface area contributed by atoms with Crippen LogP contribution >= 0.6 is 11.6 Å². The highest BCUT2D eigenvalue weighted by Gasteiger charge is 2.28. The molecule has 1 N–H and O–H groups in total. The van der Waals surface area contributed by atoms with Gasteiger partial charge in [0.15, 0.2) is 12.3 Å². The molecule has 0 spiro atoms. The number of aromatic nitrogens is 2. The minimum atomic E-state index is -0.681. The van der Waals surface area contributed by atoms with Crippen LogP contribution in [0.4, 0.5) is 10.1 Å². The normalized spacial score (nSPS) is 12.5. The third-order valence-corrected chi connectivity index (χ3v) is 4.90. The van der Waals surface area contributed by atoms with E-state index in [9.17, 15) is 14.0 Å². The molecule has 1 heterocycles. The molecule has 0 atom stereocenters. The lowest BCUT2D eigenvalue weighted by Crippen LogP contribution is -2.22. The van der Waals surface area contributed by atoms with Gasteiger partial charge in [-0.1, -0.05) is 29.8 Å². The molecule has 4 rings (SSSR count). The Morgan fingerprint density at radius 2 is 1.97 bits per heavy atom. The van der Waals surface area contributed by atoms with E-state index in [1.165, 1.54) is 12.1 Å². The Balaban J connectivity index is 1.47. The van der Waals surface area contributed by atoms with Crippen LogP contribution in [-0.4, -0.2) is 28.3 Å². The summed E-state index contributed by atoms with van der Waals surface area (Å²) < 4.78 is 20.6. The number of benzene rings is 2. The fraction of sp³-hybridized carbons (Fsp3) is 0.190. The second kappa shape index (κ2) is 8.05. The number of hydrogen-bond donors (Lipinski definition) is 1. The van der Waals surface area contributed by atoms with Crippen molar-refractivity contribution >= 4 is 29.2 Å². The van der Waals surface area contributed by atoms with Crippen LogP contribution in [0.5, 0.6) is 0 Å². The number of halogens is 2. The van der Waals surface area contributed by atoms with E-state index in [4.69, 9.17) is 16.3 Å². The number of amides is 1. The minimum Gasteiger partial charge on any atom is -0.451 e. The van der Waals surface area contributed by atoms with Crippen LogP contribution in [-0.2, 0) is 22.4 Å². The van der Waals surface area contributed by atoms with E-state index in [1.54, 1.807) is 4.68 Å². The summed E-state index contributed by atoms with van der Waals surface area (Å²) in [6.07, 6.45) is 2.47. The van der Waals surface area contributed by atoms with E-state index < -0.39 is 24.3 Å². The second-order valence-corrected chi connectivity index (χ2v) is 7.06. The van der Waals surface area contributed by atoms with E-state index in [1.807, 2.05) is 30.3 Å². The van der Waals surface area contributed by atoms with E-state index in [2.05, 4.69) is 10.4 Å². The van der Waals surface area contributed by atoms with Crippen LogP contribution in [0.1, 0.15) is 28.2 Å². The number of para-hydroxylation sites is 1. The van der Waals surface area contributed by atoms with Gasteiger partial charge in [0.05, 0.1) is 11.4 Å². The Kier molecular flexibility index (Phi) is 5.31. The fourth-order valence-electron chi connectivity index (χ4n) is 3.36. The zero-order chi connectivity index (χ0) is 20.4. The number of carbonyl (C=O) groups excluding carboxylic acids is 2. The van der Waals surface area contributed by atoms with Gasteiger partial charge in [0.25, 0.3) is 5.91 Å². The number of hydrogen-bond acceptors (Lipinski definition) is 4. The lowest BCUT2D eigenvalue weighted by Gasteiger charge is -2.07. The van der Waals surface area contributed by atoms with E-state index >= 15 is 0 Å². The third-order valence-electron chi connectivity index (χ3n) is 4.66. The predicted octanol–water partition coefficient (Wildman–Crippen LogP) is 3.95. The molecule has 0 radical (unpaired) electrons. The number of esters is 1. The van der Waals surface area contributed by atoms with E-state index in [0.29, 0.717) is 0 Å². The number of ether oxygens (including phenoxy) is 1. The summed E-state index contributed by atoms with van der Waals surface area (Å²) >= 11 is 5.80. The molecule has 8 heteroatoms. The highest BCUT2D eigenvalue weighted by molar-refractivity contribution is 6.30. The molecule has 6 nitrogen and oxygen atoms in total. The molecule has 29 heavy (non-hydrogen) atoms. The summed E-state index contributed by atoms with van der Waals surface area (Å²) in [5.41, 5.74) is 2.82. The fourth-order valence-corrected chi connectivity index (χ4v) is 3.54. The molecule has 3 aromatic rings. The van der Waals surface area contributed by atoms with Gasteiger partial charge in [-0.25, -0.2) is 13.9 Å². The number of carbonyl (C=O) groups is 2. The van der Waals surface area contributed by atoms with Crippen LogP contribution in [0.3, 0.4) is 0 Å². The molecule has 1 aromatic heterocycles. The minimum absolute atomic E-state index is 0.0761. The molecule has 1 amide bonds. The van der Waals surface area contributed by atoms with Crippen molar-refractivity contribution in [3.8, 4) is 5.69 Å². The Labute approximate surface area is 171 Å². The lowest BCUT2D eigenvalue weighted by molar-refractivity contribution is -0.119. The van der Waals surface area contributed by atoms with Crippen LogP contribution in [0, 0.1) is 5.82 Å². The summed E-state index contributed by atoms with van der Waals surface area (Å²) in [5.74, 6) is -1.98. The monoisotopic (exact) mass is 413 g/mol. The molecule has 0 bridgehead atoms. The second-order valence-electron chi connectivity index (χ2n) is 6.62. The molecule has 0 saturated carbocycles. The maximum Gasteiger partial charge on any atom is 0.359 e. The summed E-state index contributed by atoms with van der Waals surface area (Å²) in [6, 6.07) is 13.3. The first-order chi connectivity index (χ1) is 14.0. The van der Waals surface area contributed by atoms with Gasteiger partial charge < -0.3 is 10.1 Å². The number of rotatable bonds is 5. The van der Waals surface area contributed by atoms with Crippen molar-refractivity contribution in [2.75, 3.05) is 11.9 Å². The lowest BCUT2D eigenvalue weighted by atomic mass is 10.2. The smallest absolute Gasteiger partial charge is 0.359 e. The molecule has 0 aliphatic heterocycles. The molecule has 0 unspecified atom stereocenters. The van der Waals surface area contributed by atoms with Crippen molar-refractivity contribution in [2.45, 2.75) is 19.3 Å². The summed E-state index contributed by atoms with van der Waals surface area (Å²) in [6.45, 7) is -0.558. The van der Waals surface area contributed by atoms with Crippen molar-refractivity contribution in [3.63, 3.8) is 0 Å². The van der Waals surface area contributed by atoms with Gasteiger partial charge in [-0.15, -0.1) is 0 Å². The number of nitrogens with one attached hydrogen (secondary N) is 1. The molecule has 1 aliphatic rings. The van der Waals surface area contributed by atoms with Gasteiger partial charge in [-0.2, -0.15) is 5.10 Å². The molecule has 0 fully saturated rings. The Morgan fingerprint density at radius 3 is 2.76 bits per heavy atom. The van der Waals surface area contributed by atoms with E-state index in [-0.39, 0.29) is 16.4 Å². The topological polar surface area (TPSA) is 73.2 Å². The molecular weight excluding hydrogens is 397 g/mol. The van der Waals surface area contributed by atoms with Gasteiger partial charge in [0.1, 0.15) is 5.82 Å². The van der Waals surface area contributed by atoms with Crippen molar-refractivity contribution in [1.82, 2.24) is 9.78 Å². The first-order valence-corrected chi connectivity index (χ1v) is 9.49. The largest absolute Gasteiger partial charge is 0.451 e. The molecule has 148 valence electrons. The van der Waals surface area contributed by atoms with Gasteiger partial charge >= 0.3 is 5.97 Å². The van der Waals surface area contributed by atoms with Crippen molar-refractivity contribution in [3.05, 3.63) is 76.3 Å². The van der Waals surface area contributed by atoms with Crippen LogP contribution in [0.25, 0.3) is 5.69 Å². The first-order valence-electron chi connectivity index (χ1n) is 9.11. The SMILES string of the molecule is O=C(COC(=O)c1nn(-c2ccccc2)c2c1CCC2)Nc1cc(Cl)ccc1F. The average Bonchev–Trinajstić information content (AvgIpc) is 3.32. The zero-order valence-electron chi connectivity index (χ0n) is 15.3. The predicted molar refractivity (Wildman–Crippen MR) is 106 cm³/mol. The summed E-state index contributed by atoms with van der Waals surface area (Å²) in [7, 11) is 0. The molecular formula is C21H17ClFN3O3. The van der Waals surface area contributed by atoms with Crippen LogP contribution in [0.2, 0.25) is 5.02 Å². The van der Waals surface area contributed by atoms with Crippen molar-refractivity contribution in [2.24, 2.45) is 0 Å².